The standard InChI is InChI=1S/C15H22N2/c16-14-8-3-9-15(14)17-10-4-7-12-5-1-2-6-13(12)11-17/h1-2,5-6,14-15H,3-4,7-11,16H2. The molecule has 1 aromatic carbocycles. The fourth-order valence-electron chi connectivity index (χ4n) is 3.43. The Morgan fingerprint density at radius 2 is 1.88 bits per heavy atom. The molecule has 1 fully saturated rings. The predicted molar refractivity (Wildman–Crippen MR) is 70.8 cm³/mol. The molecule has 1 heterocycles. The molecule has 1 saturated carbocycles. The smallest absolute Gasteiger partial charge is 0.0250 e. The maximum atomic E-state index is 6.24. The molecule has 17 heavy (non-hydrogen) atoms. The van der Waals surface area contributed by atoms with Crippen molar-refractivity contribution in [2.45, 2.75) is 50.7 Å². The van der Waals surface area contributed by atoms with Gasteiger partial charge in [-0.15, -0.1) is 0 Å². The maximum Gasteiger partial charge on any atom is 0.0250 e. The summed E-state index contributed by atoms with van der Waals surface area (Å²) in [5.41, 5.74) is 9.30. The fourth-order valence-corrected chi connectivity index (χ4v) is 3.43. The Morgan fingerprint density at radius 3 is 2.65 bits per heavy atom. The van der Waals surface area contributed by atoms with E-state index in [2.05, 4.69) is 29.2 Å². The van der Waals surface area contributed by atoms with Gasteiger partial charge in [0.15, 0.2) is 0 Å². The van der Waals surface area contributed by atoms with Gasteiger partial charge in [0.05, 0.1) is 0 Å². The summed E-state index contributed by atoms with van der Waals surface area (Å²) >= 11 is 0. The van der Waals surface area contributed by atoms with Crippen LogP contribution in [0.1, 0.15) is 36.8 Å². The largest absolute Gasteiger partial charge is 0.326 e. The second kappa shape index (κ2) is 4.79. The van der Waals surface area contributed by atoms with Gasteiger partial charge in [0.25, 0.3) is 0 Å². The van der Waals surface area contributed by atoms with Gasteiger partial charge in [0.2, 0.25) is 0 Å². The average Bonchev–Trinajstić information content (AvgIpc) is 2.65. The van der Waals surface area contributed by atoms with Gasteiger partial charge < -0.3 is 5.73 Å². The Kier molecular flexibility index (Phi) is 3.17. The zero-order valence-corrected chi connectivity index (χ0v) is 10.4. The Balaban J connectivity index is 1.80. The third kappa shape index (κ3) is 2.24. The third-order valence-electron chi connectivity index (χ3n) is 4.38. The topological polar surface area (TPSA) is 29.3 Å². The molecule has 0 spiro atoms. The van der Waals surface area contributed by atoms with Crippen LogP contribution < -0.4 is 5.73 Å². The molecule has 2 unspecified atom stereocenters. The number of aryl methyl sites for hydroxylation is 1. The van der Waals surface area contributed by atoms with Crippen LogP contribution in [0, 0.1) is 0 Å². The van der Waals surface area contributed by atoms with Crippen molar-refractivity contribution >= 4 is 0 Å². The summed E-state index contributed by atoms with van der Waals surface area (Å²) < 4.78 is 0. The van der Waals surface area contributed by atoms with Crippen molar-refractivity contribution in [1.82, 2.24) is 4.90 Å². The van der Waals surface area contributed by atoms with E-state index in [9.17, 15) is 0 Å². The van der Waals surface area contributed by atoms with Crippen molar-refractivity contribution in [1.29, 1.82) is 0 Å². The van der Waals surface area contributed by atoms with E-state index in [-0.39, 0.29) is 0 Å². The van der Waals surface area contributed by atoms with Gasteiger partial charge in [-0.2, -0.15) is 0 Å². The summed E-state index contributed by atoms with van der Waals surface area (Å²) in [6.45, 7) is 2.32. The highest BCUT2D eigenvalue weighted by atomic mass is 15.2. The predicted octanol–water partition coefficient (Wildman–Crippen LogP) is 2.31. The molecule has 2 aliphatic rings. The molecular formula is C15H22N2. The molecule has 3 rings (SSSR count). The van der Waals surface area contributed by atoms with E-state index in [1.165, 1.54) is 44.2 Å². The Labute approximate surface area is 104 Å². The second-order valence-electron chi connectivity index (χ2n) is 5.50. The van der Waals surface area contributed by atoms with Crippen molar-refractivity contribution in [3.63, 3.8) is 0 Å². The monoisotopic (exact) mass is 230 g/mol. The van der Waals surface area contributed by atoms with Crippen LogP contribution in [0.2, 0.25) is 0 Å². The molecule has 0 bridgehead atoms. The molecule has 2 heteroatoms. The van der Waals surface area contributed by atoms with E-state index < -0.39 is 0 Å². The second-order valence-corrected chi connectivity index (χ2v) is 5.50. The Bertz CT molecular complexity index is 388. The van der Waals surface area contributed by atoms with E-state index in [1.54, 1.807) is 5.56 Å². The molecule has 2 nitrogen and oxygen atoms in total. The number of hydrogen-bond acceptors (Lipinski definition) is 2. The highest BCUT2D eigenvalue weighted by Crippen LogP contribution is 2.27. The molecule has 2 atom stereocenters. The summed E-state index contributed by atoms with van der Waals surface area (Å²) in [6.07, 6.45) is 6.32. The van der Waals surface area contributed by atoms with Crippen molar-refractivity contribution in [3.05, 3.63) is 35.4 Å². The van der Waals surface area contributed by atoms with Gasteiger partial charge in [-0.05, 0) is 43.4 Å². The van der Waals surface area contributed by atoms with Crippen LogP contribution in [0.15, 0.2) is 24.3 Å². The molecule has 92 valence electrons. The minimum absolute atomic E-state index is 0.403. The zero-order chi connectivity index (χ0) is 11.7. The van der Waals surface area contributed by atoms with Crippen molar-refractivity contribution in [2.75, 3.05) is 6.54 Å². The molecular weight excluding hydrogens is 208 g/mol. The van der Waals surface area contributed by atoms with E-state index in [4.69, 9.17) is 5.73 Å². The zero-order valence-electron chi connectivity index (χ0n) is 10.4. The fraction of sp³-hybridized carbons (Fsp3) is 0.600. The first-order chi connectivity index (χ1) is 8.34. The number of rotatable bonds is 1. The van der Waals surface area contributed by atoms with Crippen molar-refractivity contribution < 1.29 is 0 Å². The third-order valence-corrected chi connectivity index (χ3v) is 4.38. The van der Waals surface area contributed by atoms with Crippen LogP contribution >= 0.6 is 0 Å². The highest BCUT2D eigenvalue weighted by molar-refractivity contribution is 5.28. The molecule has 1 aliphatic heterocycles. The van der Waals surface area contributed by atoms with Crippen molar-refractivity contribution in [3.8, 4) is 0 Å². The molecule has 0 aromatic heterocycles. The lowest BCUT2D eigenvalue weighted by molar-refractivity contribution is 0.179. The number of nitrogens with two attached hydrogens (primary N) is 1. The first-order valence-corrected chi connectivity index (χ1v) is 6.91. The molecule has 0 amide bonds. The number of benzene rings is 1. The van der Waals surface area contributed by atoms with Crippen LogP contribution in [-0.2, 0) is 13.0 Å². The minimum Gasteiger partial charge on any atom is -0.326 e. The molecule has 1 aliphatic carbocycles. The van der Waals surface area contributed by atoms with Gasteiger partial charge >= 0.3 is 0 Å². The van der Waals surface area contributed by atoms with E-state index in [0.29, 0.717) is 12.1 Å². The number of nitrogens with zero attached hydrogens (tertiary/aromatic N) is 1. The van der Waals surface area contributed by atoms with Crippen LogP contribution in [0.4, 0.5) is 0 Å². The summed E-state index contributed by atoms with van der Waals surface area (Å²) in [4.78, 5) is 2.63. The van der Waals surface area contributed by atoms with Gasteiger partial charge in [-0.1, -0.05) is 30.7 Å². The Hall–Kier alpha value is -0.860. The first-order valence-electron chi connectivity index (χ1n) is 6.91. The minimum atomic E-state index is 0.403. The van der Waals surface area contributed by atoms with Gasteiger partial charge in [-0.3, -0.25) is 4.90 Å². The van der Waals surface area contributed by atoms with Crippen LogP contribution in [0.5, 0.6) is 0 Å². The lowest BCUT2D eigenvalue weighted by Crippen LogP contribution is -2.44. The molecule has 1 aromatic rings. The van der Waals surface area contributed by atoms with E-state index in [1.807, 2.05) is 0 Å². The quantitative estimate of drug-likeness (QED) is 0.802. The SMILES string of the molecule is NC1CCCC1N1CCCc2ccccc2C1. The van der Waals surface area contributed by atoms with Gasteiger partial charge in [0, 0.05) is 18.6 Å². The molecule has 2 N–H and O–H groups in total. The molecule has 0 saturated heterocycles. The van der Waals surface area contributed by atoms with E-state index in [0.717, 1.165) is 6.54 Å². The van der Waals surface area contributed by atoms with Crippen LogP contribution in [0.25, 0.3) is 0 Å². The lowest BCUT2D eigenvalue weighted by atomic mass is 10.0. The summed E-state index contributed by atoms with van der Waals surface area (Å²) in [6, 6.07) is 9.93. The summed E-state index contributed by atoms with van der Waals surface area (Å²) in [7, 11) is 0. The molecule has 0 radical (unpaired) electrons. The Morgan fingerprint density at radius 1 is 1.06 bits per heavy atom. The lowest BCUT2D eigenvalue weighted by Gasteiger charge is -2.30. The van der Waals surface area contributed by atoms with E-state index >= 15 is 0 Å². The summed E-state index contributed by atoms with van der Waals surface area (Å²) in [5.74, 6) is 0. The van der Waals surface area contributed by atoms with Gasteiger partial charge in [0.1, 0.15) is 0 Å². The summed E-state index contributed by atoms with van der Waals surface area (Å²) in [5, 5.41) is 0. The normalized spacial score (nSPS) is 29.9. The highest BCUT2D eigenvalue weighted by Gasteiger charge is 2.30. The van der Waals surface area contributed by atoms with Crippen LogP contribution in [-0.4, -0.2) is 23.5 Å². The average molecular weight is 230 g/mol. The number of fused-ring (bicyclic) bond motifs is 1. The van der Waals surface area contributed by atoms with Crippen molar-refractivity contribution in [2.24, 2.45) is 5.73 Å². The number of hydrogen-bond donors (Lipinski definition) is 1. The van der Waals surface area contributed by atoms with Crippen LogP contribution in [0.3, 0.4) is 0 Å². The maximum absolute atomic E-state index is 6.24. The van der Waals surface area contributed by atoms with Gasteiger partial charge in [-0.25, -0.2) is 0 Å². The first kappa shape index (κ1) is 11.2.